The standard InChI is InChI=1S/C8H6O4.C3H7NO2/c9-7(10)5-1-2-6(4-3-5)8(11)12;1-2(4)3(5)6/h1-4H,(H,9,10)(H,11,12);2H,4H2,1H3,(H,5,6). The average molecular weight is 255 g/mol. The van der Waals surface area contributed by atoms with Crippen molar-refractivity contribution in [2.45, 2.75) is 13.0 Å². The van der Waals surface area contributed by atoms with Crippen molar-refractivity contribution in [1.29, 1.82) is 0 Å². The van der Waals surface area contributed by atoms with Gasteiger partial charge in [0.15, 0.2) is 0 Å². The summed E-state index contributed by atoms with van der Waals surface area (Å²) in [7, 11) is 0. The maximum absolute atomic E-state index is 10.3. The molecule has 0 aliphatic rings. The number of aromatic carboxylic acids is 2. The van der Waals surface area contributed by atoms with E-state index < -0.39 is 23.9 Å². The molecule has 0 heterocycles. The van der Waals surface area contributed by atoms with Gasteiger partial charge in [0, 0.05) is 0 Å². The van der Waals surface area contributed by atoms with Gasteiger partial charge in [0.2, 0.25) is 0 Å². The Labute approximate surface area is 102 Å². The first kappa shape index (κ1) is 15.6. The van der Waals surface area contributed by atoms with E-state index in [0.29, 0.717) is 0 Å². The normalized spacial score (nSPS) is 10.8. The van der Waals surface area contributed by atoms with E-state index in [2.05, 4.69) is 0 Å². The van der Waals surface area contributed by atoms with Crippen LogP contribution in [0.5, 0.6) is 0 Å². The minimum absolute atomic E-state index is 0.0833. The van der Waals surface area contributed by atoms with Crippen molar-refractivity contribution in [3.8, 4) is 0 Å². The third-order valence-electron chi connectivity index (χ3n) is 1.77. The van der Waals surface area contributed by atoms with E-state index in [1.54, 1.807) is 0 Å². The summed E-state index contributed by atoms with van der Waals surface area (Å²) in [5.74, 6) is -3.09. The molecule has 1 aromatic rings. The third-order valence-corrected chi connectivity index (χ3v) is 1.77. The predicted molar refractivity (Wildman–Crippen MR) is 61.6 cm³/mol. The van der Waals surface area contributed by atoms with Crippen LogP contribution in [0.1, 0.15) is 27.6 Å². The molecule has 1 atom stereocenters. The van der Waals surface area contributed by atoms with E-state index in [1.165, 1.54) is 31.2 Å². The molecule has 1 unspecified atom stereocenters. The van der Waals surface area contributed by atoms with Crippen molar-refractivity contribution < 1.29 is 29.7 Å². The van der Waals surface area contributed by atoms with Crippen LogP contribution in [0.4, 0.5) is 0 Å². The number of carbonyl (C=O) groups is 3. The first-order valence-electron chi connectivity index (χ1n) is 4.80. The minimum atomic E-state index is -1.06. The first-order valence-corrected chi connectivity index (χ1v) is 4.80. The molecule has 1 aromatic carbocycles. The molecule has 0 fully saturated rings. The Morgan fingerprint density at radius 3 is 1.28 bits per heavy atom. The van der Waals surface area contributed by atoms with Gasteiger partial charge in [-0.2, -0.15) is 0 Å². The van der Waals surface area contributed by atoms with Crippen LogP contribution in [-0.4, -0.2) is 39.3 Å². The van der Waals surface area contributed by atoms with Gasteiger partial charge in [0.25, 0.3) is 0 Å². The molecule has 98 valence electrons. The molecule has 0 spiro atoms. The molecule has 0 saturated carbocycles. The Kier molecular flexibility index (Phi) is 6.08. The van der Waals surface area contributed by atoms with E-state index >= 15 is 0 Å². The lowest BCUT2D eigenvalue weighted by molar-refractivity contribution is -0.138. The fourth-order valence-electron chi connectivity index (χ4n) is 0.755. The molecule has 0 aliphatic heterocycles. The van der Waals surface area contributed by atoms with Gasteiger partial charge < -0.3 is 21.1 Å². The summed E-state index contributed by atoms with van der Waals surface area (Å²) in [5, 5.41) is 24.8. The Morgan fingerprint density at radius 2 is 1.17 bits per heavy atom. The highest BCUT2D eigenvalue weighted by Crippen LogP contribution is 2.03. The molecule has 0 saturated heterocycles. The van der Waals surface area contributed by atoms with Crippen LogP contribution < -0.4 is 5.73 Å². The predicted octanol–water partition coefficient (Wildman–Crippen LogP) is 0.501. The number of rotatable bonds is 3. The molecule has 0 bridgehead atoms. The highest BCUT2D eigenvalue weighted by atomic mass is 16.4. The quantitative estimate of drug-likeness (QED) is 0.616. The van der Waals surface area contributed by atoms with Crippen molar-refractivity contribution in [2.24, 2.45) is 5.73 Å². The molecule has 7 heteroatoms. The summed E-state index contributed by atoms with van der Waals surface area (Å²) < 4.78 is 0. The van der Waals surface area contributed by atoms with Crippen LogP contribution in [-0.2, 0) is 4.79 Å². The molecular weight excluding hydrogens is 242 g/mol. The molecule has 5 N–H and O–H groups in total. The van der Waals surface area contributed by atoms with Crippen LogP contribution in [0.15, 0.2) is 24.3 Å². The topological polar surface area (TPSA) is 138 Å². The maximum Gasteiger partial charge on any atom is 0.335 e. The van der Waals surface area contributed by atoms with Crippen LogP contribution in [0.3, 0.4) is 0 Å². The van der Waals surface area contributed by atoms with Gasteiger partial charge in [-0.1, -0.05) is 0 Å². The highest BCUT2D eigenvalue weighted by Gasteiger charge is 2.04. The molecule has 1 rings (SSSR count). The zero-order chi connectivity index (χ0) is 14.3. The van der Waals surface area contributed by atoms with Crippen molar-refractivity contribution in [2.75, 3.05) is 0 Å². The summed E-state index contributed by atoms with van der Waals surface area (Å²) >= 11 is 0. The first-order chi connectivity index (χ1) is 8.25. The second-order valence-electron chi connectivity index (χ2n) is 3.31. The molecule has 0 amide bonds. The average Bonchev–Trinajstić information content (AvgIpc) is 2.29. The molecule has 7 nitrogen and oxygen atoms in total. The Hall–Kier alpha value is -2.41. The van der Waals surface area contributed by atoms with Gasteiger partial charge >= 0.3 is 17.9 Å². The van der Waals surface area contributed by atoms with Crippen molar-refractivity contribution in [3.63, 3.8) is 0 Å². The molecular formula is C11H13NO6. The van der Waals surface area contributed by atoms with Crippen molar-refractivity contribution >= 4 is 17.9 Å². The van der Waals surface area contributed by atoms with E-state index in [9.17, 15) is 14.4 Å². The fraction of sp³-hybridized carbons (Fsp3) is 0.182. The zero-order valence-corrected chi connectivity index (χ0v) is 9.53. The molecule has 0 aliphatic carbocycles. The Bertz CT molecular complexity index is 404. The van der Waals surface area contributed by atoms with Gasteiger partial charge in [-0.05, 0) is 31.2 Å². The van der Waals surface area contributed by atoms with Gasteiger partial charge in [-0.25, -0.2) is 9.59 Å². The van der Waals surface area contributed by atoms with E-state index in [1.807, 2.05) is 0 Å². The summed E-state index contributed by atoms with van der Waals surface area (Å²) in [6.45, 7) is 1.42. The lowest BCUT2D eigenvalue weighted by Crippen LogP contribution is -2.25. The van der Waals surface area contributed by atoms with Crippen LogP contribution >= 0.6 is 0 Å². The molecule has 18 heavy (non-hydrogen) atoms. The third kappa shape index (κ3) is 5.61. The summed E-state index contributed by atoms with van der Waals surface area (Å²) in [4.78, 5) is 30.2. The largest absolute Gasteiger partial charge is 0.480 e. The molecule has 0 aromatic heterocycles. The van der Waals surface area contributed by atoms with Crippen molar-refractivity contribution in [1.82, 2.24) is 0 Å². The maximum atomic E-state index is 10.3. The number of hydrogen-bond donors (Lipinski definition) is 4. The lowest BCUT2D eigenvalue weighted by Gasteiger charge is -1.94. The lowest BCUT2D eigenvalue weighted by atomic mass is 10.1. The number of nitrogens with two attached hydrogens (primary N) is 1. The second-order valence-corrected chi connectivity index (χ2v) is 3.31. The summed E-state index contributed by atoms with van der Waals surface area (Å²) in [6.07, 6.45) is 0. The number of carboxylic acid groups (broad SMARTS) is 3. The molecule has 0 radical (unpaired) electrons. The highest BCUT2D eigenvalue weighted by molar-refractivity contribution is 5.91. The smallest absolute Gasteiger partial charge is 0.335 e. The monoisotopic (exact) mass is 255 g/mol. The number of aliphatic carboxylic acids is 1. The zero-order valence-electron chi connectivity index (χ0n) is 9.53. The van der Waals surface area contributed by atoms with Gasteiger partial charge in [0.1, 0.15) is 6.04 Å². The Morgan fingerprint density at radius 1 is 0.944 bits per heavy atom. The van der Waals surface area contributed by atoms with E-state index in [0.717, 1.165) is 0 Å². The van der Waals surface area contributed by atoms with Crippen LogP contribution in [0.2, 0.25) is 0 Å². The summed E-state index contributed by atoms with van der Waals surface area (Å²) in [6, 6.07) is 4.29. The van der Waals surface area contributed by atoms with E-state index in [-0.39, 0.29) is 11.1 Å². The fourth-order valence-corrected chi connectivity index (χ4v) is 0.755. The van der Waals surface area contributed by atoms with Crippen LogP contribution in [0.25, 0.3) is 0 Å². The minimum Gasteiger partial charge on any atom is -0.480 e. The number of carboxylic acids is 3. The van der Waals surface area contributed by atoms with Crippen LogP contribution in [0, 0.1) is 0 Å². The van der Waals surface area contributed by atoms with Gasteiger partial charge in [-0.3, -0.25) is 4.79 Å². The van der Waals surface area contributed by atoms with Crippen molar-refractivity contribution in [3.05, 3.63) is 35.4 Å². The summed E-state index contributed by atoms with van der Waals surface area (Å²) in [5.41, 5.74) is 5.00. The number of benzene rings is 1. The van der Waals surface area contributed by atoms with Gasteiger partial charge in [0.05, 0.1) is 11.1 Å². The Balaban J connectivity index is 0.000000411. The van der Waals surface area contributed by atoms with Gasteiger partial charge in [-0.15, -0.1) is 0 Å². The number of hydrogen-bond acceptors (Lipinski definition) is 4. The van der Waals surface area contributed by atoms with E-state index in [4.69, 9.17) is 21.1 Å². The second kappa shape index (κ2) is 7.02. The SMILES string of the molecule is CC(N)C(=O)O.O=C(O)c1ccc(C(=O)O)cc1.